The first-order chi connectivity index (χ1) is 4.88. The third-order valence-electron chi connectivity index (χ3n) is 2.03. The highest BCUT2D eigenvalue weighted by atomic mass is 15.4. The molecule has 2 atom stereocenters. The van der Waals surface area contributed by atoms with Gasteiger partial charge in [-0.15, -0.1) is 0 Å². The van der Waals surface area contributed by atoms with E-state index >= 15 is 0 Å². The van der Waals surface area contributed by atoms with Gasteiger partial charge in [-0.25, -0.2) is 5.43 Å². The lowest BCUT2D eigenvalue weighted by molar-refractivity contribution is 0.575. The van der Waals surface area contributed by atoms with Gasteiger partial charge in [0.05, 0.1) is 0 Å². The molecule has 3 heteroatoms. The molecule has 0 saturated carbocycles. The van der Waals surface area contributed by atoms with E-state index in [-0.39, 0.29) is 6.04 Å². The summed E-state index contributed by atoms with van der Waals surface area (Å²) in [4.78, 5) is 0. The van der Waals surface area contributed by atoms with E-state index in [0.717, 1.165) is 6.54 Å². The smallest absolute Gasteiger partial charge is 0.0331 e. The van der Waals surface area contributed by atoms with Gasteiger partial charge in [0, 0.05) is 24.2 Å². The topological polar surface area (TPSA) is 50.1 Å². The van der Waals surface area contributed by atoms with Crippen LogP contribution in [0.15, 0.2) is 23.9 Å². The normalized spacial score (nSPS) is 36.7. The number of rotatable bonds is 0. The first-order valence-electron chi connectivity index (χ1n) is 3.51. The Morgan fingerprint density at radius 2 is 2.50 bits per heavy atom. The Kier molecular flexibility index (Phi) is 1.25. The van der Waals surface area contributed by atoms with E-state index in [4.69, 9.17) is 5.73 Å². The summed E-state index contributed by atoms with van der Waals surface area (Å²) in [5.74, 6) is 0.463. The minimum Gasteiger partial charge on any atom is -0.325 e. The molecule has 0 aromatic carbocycles. The SMILES string of the molecule is NC1C=CC=C2NNCC21. The van der Waals surface area contributed by atoms with Gasteiger partial charge in [0.25, 0.3) is 0 Å². The van der Waals surface area contributed by atoms with Crippen molar-refractivity contribution in [2.75, 3.05) is 6.54 Å². The van der Waals surface area contributed by atoms with Crippen molar-refractivity contribution in [1.82, 2.24) is 10.9 Å². The van der Waals surface area contributed by atoms with Gasteiger partial charge in [-0.1, -0.05) is 12.2 Å². The minimum atomic E-state index is 0.183. The molecule has 0 aromatic rings. The Balaban J connectivity index is 2.25. The quantitative estimate of drug-likeness (QED) is 0.421. The summed E-state index contributed by atoms with van der Waals surface area (Å²) in [5, 5.41) is 0. The second-order valence-corrected chi connectivity index (χ2v) is 2.70. The van der Waals surface area contributed by atoms with Crippen LogP contribution in [-0.2, 0) is 0 Å². The van der Waals surface area contributed by atoms with Crippen molar-refractivity contribution in [2.24, 2.45) is 11.7 Å². The van der Waals surface area contributed by atoms with Crippen LogP contribution in [0.25, 0.3) is 0 Å². The molecule has 4 N–H and O–H groups in total. The molecular weight excluding hydrogens is 126 g/mol. The summed E-state index contributed by atoms with van der Waals surface area (Å²) in [6, 6.07) is 0.183. The first kappa shape index (κ1) is 5.95. The van der Waals surface area contributed by atoms with Crippen LogP contribution in [0, 0.1) is 5.92 Å². The summed E-state index contributed by atoms with van der Waals surface area (Å²) in [5.41, 5.74) is 13.2. The molecule has 0 radical (unpaired) electrons. The zero-order valence-electron chi connectivity index (χ0n) is 5.67. The highest BCUT2D eigenvalue weighted by molar-refractivity contribution is 5.25. The van der Waals surface area contributed by atoms with Crippen molar-refractivity contribution in [1.29, 1.82) is 0 Å². The van der Waals surface area contributed by atoms with E-state index in [1.807, 2.05) is 12.2 Å². The molecule has 0 aromatic heterocycles. The maximum Gasteiger partial charge on any atom is 0.0331 e. The van der Waals surface area contributed by atoms with Gasteiger partial charge in [0.2, 0.25) is 0 Å². The Labute approximate surface area is 59.9 Å². The van der Waals surface area contributed by atoms with Crippen molar-refractivity contribution in [2.45, 2.75) is 6.04 Å². The van der Waals surface area contributed by atoms with Crippen LogP contribution >= 0.6 is 0 Å². The summed E-state index contributed by atoms with van der Waals surface area (Å²) in [6.45, 7) is 0.942. The largest absolute Gasteiger partial charge is 0.325 e. The number of nitrogens with one attached hydrogen (secondary N) is 2. The van der Waals surface area contributed by atoms with Crippen LogP contribution < -0.4 is 16.6 Å². The monoisotopic (exact) mass is 137 g/mol. The lowest BCUT2D eigenvalue weighted by Crippen LogP contribution is -2.31. The van der Waals surface area contributed by atoms with Gasteiger partial charge >= 0.3 is 0 Å². The predicted octanol–water partition coefficient (Wildman–Crippen LogP) is -0.509. The fraction of sp³-hybridized carbons (Fsp3) is 0.429. The zero-order valence-corrected chi connectivity index (χ0v) is 5.67. The molecule has 1 saturated heterocycles. The molecule has 2 rings (SSSR count). The Hall–Kier alpha value is -0.800. The summed E-state index contributed by atoms with van der Waals surface area (Å²) in [7, 11) is 0. The molecule has 2 aliphatic rings. The zero-order chi connectivity index (χ0) is 6.97. The molecule has 0 spiro atoms. The van der Waals surface area contributed by atoms with E-state index in [9.17, 15) is 0 Å². The number of fused-ring (bicyclic) bond motifs is 1. The number of hydrogen-bond donors (Lipinski definition) is 3. The lowest BCUT2D eigenvalue weighted by Gasteiger charge is -2.17. The summed E-state index contributed by atoms with van der Waals surface area (Å²) in [6.07, 6.45) is 6.09. The van der Waals surface area contributed by atoms with E-state index in [2.05, 4.69) is 16.9 Å². The van der Waals surface area contributed by atoms with Crippen molar-refractivity contribution in [3.05, 3.63) is 23.9 Å². The van der Waals surface area contributed by atoms with Gasteiger partial charge < -0.3 is 11.2 Å². The van der Waals surface area contributed by atoms with Crippen molar-refractivity contribution >= 4 is 0 Å². The molecule has 1 fully saturated rings. The number of nitrogens with two attached hydrogens (primary N) is 1. The standard InChI is InChI=1S/C7H11N3/c8-6-2-1-3-7-5(6)4-9-10-7/h1-3,5-6,9-10H,4,8H2. The molecular formula is C7H11N3. The van der Waals surface area contributed by atoms with E-state index in [1.165, 1.54) is 5.70 Å². The van der Waals surface area contributed by atoms with Crippen LogP contribution in [-0.4, -0.2) is 12.6 Å². The fourth-order valence-corrected chi connectivity index (χ4v) is 1.40. The third kappa shape index (κ3) is 0.751. The van der Waals surface area contributed by atoms with Crippen LogP contribution in [0.4, 0.5) is 0 Å². The first-order valence-corrected chi connectivity index (χ1v) is 3.51. The molecule has 3 nitrogen and oxygen atoms in total. The Bertz CT molecular complexity index is 195. The summed E-state index contributed by atoms with van der Waals surface area (Å²) >= 11 is 0. The van der Waals surface area contributed by atoms with E-state index in [1.54, 1.807) is 0 Å². The molecule has 54 valence electrons. The predicted molar refractivity (Wildman–Crippen MR) is 39.8 cm³/mol. The number of allylic oxidation sites excluding steroid dienone is 2. The molecule has 1 aliphatic heterocycles. The lowest BCUT2D eigenvalue weighted by atomic mass is 9.94. The maximum absolute atomic E-state index is 5.81. The molecule has 10 heavy (non-hydrogen) atoms. The second kappa shape index (κ2) is 2.11. The van der Waals surface area contributed by atoms with Crippen LogP contribution in [0.5, 0.6) is 0 Å². The molecule has 1 heterocycles. The van der Waals surface area contributed by atoms with Crippen molar-refractivity contribution in [3.63, 3.8) is 0 Å². The third-order valence-corrected chi connectivity index (χ3v) is 2.03. The van der Waals surface area contributed by atoms with Gasteiger partial charge in [0.15, 0.2) is 0 Å². The average molecular weight is 137 g/mol. The van der Waals surface area contributed by atoms with Crippen LogP contribution in [0.1, 0.15) is 0 Å². The molecule has 0 bridgehead atoms. The van der Waals surface area contributed by atoms with Gasteiger partial charge in [-0.3, -0.25) is 0 Å². The fourth-order valence-electron chi connectivity index (χ4n) is 1.40. The van der Waals surface area contributed by atoms with Gasteiger partial charge in [0.1, 0.15) is 0 Å². The number of hydrazine groups is 1. The van der Waals surface area contributed by atoms with Crippen LogP contribution in [0.2, 0.25) is 0 Å². The molecule has 0 amide bonds. The number of hydrogen-bond acceptors (Lipinski definition) is 3. The van der Waals surface area contributed by atoms with Crippen molar-refractivity contribution in [3.8, 4) is 0 Å². The Morgan fingerprint density at radius 1 is 1.60 bits per heavy atom. The molecule has 1 aliphatic carbocycles. The second-order valence-electron chi connectivity index (χ2n) is 2.70. The van der Waals surface area contributed by atoms with Crippen molar-refractivity contribution < 1.29 is 0 Å². The van der Waals surface area contributed by atoms with Crippen LogP contribution in [0.3, 0.4) is 0 Å². The maximum atomic E-state index is 5.81. The highest BCUT2D eigenvalue weighted by Crippen LogP contribution is 2.19. The van der Waals surface area contributed by atoms with Gasteiger partial charge in [-0.05, 0) is 6.08 Å². The molecule has 2 unspecified atom stereocenters. The Morgan fingerprint density at radius 3 is 3.30 bits per heavy atom. The van der Waals surface area contributed by atoms with E-state index < -0.39 is 0 Å². The average Bonchev–Trinajstić information content (AvgIpc) is 2.36. The summed E-state index contributed by atoms with van der Waals surface area (Å²) < 4.78 is 0. The van der Waals surface area contributed by atoms with Gasteiger partial charge in [-0.2, -0.15) is 0 Å². The minimum absolute atomic E-state index is 0.183. The highest BCUT2D eigenvalue weighted by Gasteiger charge is 2.26. The van der Waals surface area contributed by atoms with E-state index in [0.29, 0.717) is 5.92 Å².